The molecule has 5 amide bonds. The van der Waals surface area contributed by atoms with Crippen LogP contribution in [0.1, 0.15) is 49.3 Å². The summed E-state index contributed by atoms with van der Waals surface area (Å²) in [5.41, 5.74) is 2.41. The molecule has 0 saturated carbocycles. The van der Waals surface area contributed by atoms with Crippen molar-refractivity contribution in [3.05, 3.63) is 94.3 Å². The number of aryl methyl sites for hydroxylation is 1. The Morgan fingerprint density at radius 3 is 2.53 bits per heavy atom. The average molecular weight is 516 g/mol. The van der Waals surface area contributed by atoms with Gasteiger partial charge >= 0.3 is 6.03 Å². The standard InChI is InChI=1S/C25H21FN8O4/c1-13-7-15(5-6-17(13)26)11-27-21(35)18-9-19(34-24(31-18)29-12-30-34)22(36)28-10-14-3-2-4-16(8-14)20-23(37)33-25(38)32-20/h2-9,12,20H,10-11H2,1H3,(H,27,35)(H,28,36)(H2,32,33,37,38). The highest BCUT2D eigenvalue weighted by Crippen LogP contribution is 2.18. The number of aromatic nitrogens is 4. The number of hydrogen-bond acceptors (Lipinski definition) is 7. The van der Waals surface area contributed by atoms with Gasteiger partial charge in [0.05, 0.1) is 0 Å². The predicted molar refractivity (Wildman–Crippen MR) is 130 cm³/mol. The van der Waals surface area contributed by atoms with Crippen molar-refractivity contribution >= 4 is 29.5 Å². The molecule has 3 heterocycles. The van der Waals surface area contributed by atoms with Crippen molar-refractivity contribution in [1.29, 1.82) is 0 Å². The molecule has 4 aromatic rings. The number of imide groups is 1. The third kappa shape index (κ3) is 5.02. The van der Waals surface area contributed by atoms with E-state index >= 15 is 0 Å². The zero-order valence-electron chi connectivity index (χ0n) is 20.0. The lowest BCUT2D eigenvalue weighted by Crippen LogP contribution is -2.28. The fourth-order valence-electron chi connectivity index (χ4n) is 3.99. The number of halogens is 1. The zero-order chi connectivity index (χ0) is 26.8. The molecule has 38 heavy (non-hydrogen) atoms. The fraction of sp³-hybridized carbons (Fsp3) is 0.160. The van der Waals surface area contributed by atoms with E-state index in [1.807, 2.05) is 0 Å². The topological polar surface area (TPSA) is 159 Å². The maximum atomic E-state index is 13.5. The first kappa shape index (κ1) is 24.5. The van der Waals surface area contributed by atoms with Crippen LogP contribution in [0.15, 0.2) is 54.9 Å². The summed E-state index contributed by atoms with van der Waals surface area (Å²) in [6.07, 6.45) is 1.21. The molecule has 0 radical (unpaired) electrons. The highest BCUT2D eigenvalue weighted by molar-refractivity contribution is 6.04. The molecule has 0 spiro atoms. The van der Waals surface area contributed by atoms with E-state index in [4.69, 9.17) is 0 Å². The second kappa shape index (κ2) is 10.0. The van der Waals surface area contributed by atoms with Gasteiger partial charge in [-0.25, -0.2) is 14.2 Å². The van der Waals surface area contributed by atoms with E-state index in [1.54, 1.807) is 43.3 Å². The molecule has 5 rings (SSSR count). The molecule has 1 atom stereocenters. The molecule has 4 N–H and O–H groups in total. The van der Waals surface area contributed by atoms with Crippen LogP contribution in [-0.4, -0.2) is 43.3 Å². The van der Waals surface area contributed by atoms with Crippen molar-refractivity contribution in [3.8, 4) is 0 Å². The number of urea groups is 1. The summed E-state index contributed by atoms with van der Waals surface area (Å²) in [6.45, 7) is 1.86. The molecular weight excluding hydrogens is 495 g/mol. The van der Waals surface area contributed by atoms with Gasteiger partial charge in [-0.2, -0.15) is 14.6 Å². The van der Waals surface area contributed by atoms with Crippen LogP contribution in [0, 0.1) is 12.7 Å². The summed E-state index contributed by atoms with van der Waals surface area (Å²) in [4.78, 5) is 57.4. The van der Waals surface area contributed by atoms with Crippen LogP contribution < -0.4 is 21.3 Å². The first-order valence-electron chi connectivity index (χ1n) is 11.5. The number of carbonyl (C=O) groups is 4. The molecular formula is C25H21FN8O4. The van der Waals surface area contributed by atoms with E-state index in [1.165, 1.54) is 23.0 Å². The van der Waals surface area contributed by atoms with E-state index < -0.39 is 29.8 Å². The Hall–Kier alpha value is -5.20. The number of rotatable bonds is 7. The van der Waals surface area contributed by atoms with Crippen molar-refractivity contribution in [2.24, 2.45) is 0 Å². The van der Waals surface area contributed by atoms with Crippen molar-refractivity contribution in [1.82, 2.24) is 40.8 Å². The molecule has 2 aromatic carbocycles. The van der Waals surface area contributed by atoms with Crippen molar-refractivity contribution in [3.63, 3.8) is 0 Å². The normalized spacial score (nSPS) is 14.7. The molecule has 0 bridgehead atoms. The number of hydrogen-bond donors (Lipinski definition) is 4. The van der Waals surface area contributed by atoms with E-state index in [-0.39, 0.29) is 36.1 Å². The SMILES string of the molecule is Cc1cc(CNC(=O)c2cc(C(=O)NCc3cccc(C4NC(=O)NC4=O)c3)n3ncnc3n2)ccc1F. The number of fused-ring (bicyclic) bond motifs is 1. The molecule has 192 valence electrons. The monoisotopic (exact) mass is 516 g/mol. The fourth-order valence-corrected chi connectivity index (χ4v) is 3.99. The van der Waals surface area contributed by atoms with Gasteiger partial charge in [0.2, 0.25) is 0 Å². The Balaban J connectivity index is 1.30. The largest absolute Gasteiger partial charge is 0.347 e. The van der Waals surface area contributed by atoms with Gasteiger partial charge in [-0.15, -0.1) is 0 Å². The third-order valence-corrected chi connectivity index (χ3v) is 5.90. The van der Waals surface area contributed by atoms with E-state index in [0.29, 0.717) is 22.3 Å². The van der Waals surface area contributed by atoms with Crippen LogP contribution in [0.4, 0.5) is 9.18 Å². The minimum absolute atomic E-state index is 0.0360. The summed E-state index contributed by atoms with van der Waals surface area (Å²) < 4.78 is 14.7. The summed E-state index contributed by atoms with van der Waals surface area (Å²) in [5, 5.41) is 14.2. The lowest BCUT2D eigenvalue weighted by Gasteiger charge is -2.11. The molecule has 0 aliphatic carbocycles. The van der Waals surface area contributed by atoms with Crippen LogP contribution in [-0.2, 0) is 17.9 Å². The zero-order valence-corrected chi connectivity index (χ0v) is 20.0. The molecule has 13 heteroatoms. The van der Waals surface area contributed by atoms with Crippen LogP contribution in [0.3, 0.4) is 0 Å². The minimum Gasteiger partial charge on any atom is -0.347 e. The van der Waals surface area contributed by atoms with Crippen LogP contribution in [0.2, 0.25) is 0 Å². The van der Waals surface area contributed by atoms with Gasteiger partial charge in [-0.1, -0.05) is 36.4 Å². The Bertz CT molecular complexity index is 1600. The van der Waals surface area contributed by atoms with Gasteiger partial charge in [0.1, 0.15) is 29.6 Å². The van der Waals surface area contributed by atoms with Crippen LogP contribution >= 0.6 is 0 Å². The highest BCUT2D eigenvalue weighted by Gasteiger charge is 2.30. The quantitative estimate of drug-likeness (QED) is 0.270. The maximum Gasteiger partial charge on any atom is 0.322 e. The Kier molecular flexibility index (Phi) is 6.47. The molecule has 12 nitrogen and oxygen atoms in total. The van der Waals surface area contributed by atoms with Crippen LogP contribution in [0.5, 0.6) is 0 Å². The van der Waals surface area contributed by atoms with Gasteiger partial charge in [-0.05, 0) is 35.2 Å². The third-order valence-electron chi connectivity index (χ3n) is 5.90. The van der Waals surface area contributed by atoms with Crippen molar-refractivity contribution < 1.29 is 23.6 Å². The van der Waals surface area contributed by atoms with Gasteiger partial charge < -0.3 is 16.0 Å². The van der Waals surface area contributed by atoms with Gasteiger partial charge in [0, 0.05) is 19.2 Å². The lowest BCUT2D eigenvalue weighted by molar-refractivity contribution is -0.120. The lowest BCUT2D eigenvalue weighted by atomic mass is 10.0. The summed E-state index contributed by atoms with van der Waals surface area (Å²) in [7, 11) is 0. The summed E-state index contributed by atoms with van der Waals surface area (Å²) in [6, 6.07) is 11.3. The second-order valence-electron chi connectivity index (χ2n) is 8.59. The minimum atomic E-state index is -0.812. The number of nitrogens with zero attached hydrogens (tertiary/aromatic N) is 4. The van der Waals surface area contributed by atoms with Crippen LogP contribution in [0.25, 0.3) is 5.78 Å². The van der Waals surface area contributed by atoms with Gasteiger partial charge in [-0.3, -0.25) is 19.7 Å². The van der Waals surface area contributed by atoms with E-state index in [2.05, 4.69) is 36.3 Å². The van der Waals surface area contributed by atoms with Gasteiger partial charge in [0.15, 0.2) is 0 Å². The number of nitrogens with one attached hydrogen (secondary N) is 4. The number of carbonyl (C=O) groups excluding carboxylic acids is 4. The second-order valence-corrected chi connectivity index (χ2v) is 8.59. The average Bonchev–Trinajstić information content (AvgIpc) is 3.52. The first-order valence-corrected chi connectivity index (χ1v) is 11.5. The number of amides is 5. The molecule has 1 unspecified atom stereocenters. The molecule has 1 saturated heterocycles. The maximum absolute atomic E-state index is 13.5. The van der Waals surface area contributed by atoms with E-state index in [0.717, 1.165) is 0 Å². The first-order chi connectivity index (χ1) is 18.3. The Labute approximate surface area is 214 Å². The summed E-state index contributed by atoms with van der Waals surface area (Å²) in [5.74, 6) is -1.82. The van der Waals surface area contributed by atoms with Crippen molar-refractivity contribution in [2.75, 3.05) is 0 Å². The highest BCUT2D eigenvalue weighted by atomic mass is 19.1. The summed E-state index contributed by atoms with van der Waals surface area (Å²) >= 11 is 0. The molecule has 1 aliphatic heterocycles. The van der Waals surface area contributed by atoms with E-state index in [9.17, 15) is 23.6 Å². The number of benzene rings is 2. The predicted octanol–water partition coefficient (Wildman–Crippen LogP) is 1.31. The molecule has 1 fully saturated rings. The molecule has 2 aromatic heterocycles. The Morgan fingerprint density at radius 2 is 1.79 bits per heavy atom. The Morgan fingerprint density at radius 1 is 1.03 bits per heavy atom. The van der Waals surface area contributed by atoms with Gasteiger partial charge in [0.25, 0.3) is 23.5 Å². The molecule has 1 aliphatic rings. The van der Waals surface area contributed by atoms with Crippen molar-refractivity contribution in [2.45, 2.75) is 26.1 Å². The smallest absolute Gasteiger partial charge is 0.322 e.